The smallest absolute Gasteiger partial charge is 0.265 e. The van der Waals surface area contributed by atoms with Gasteiger partial charge >= 0.3 is 0 Å². The second-order valence-electron chi connectivity index (χ2n) is 5.17. The first-order valence-corrected chi connectivity index (χ1v) is 8.33. The fourth-order valence-electron chi connectivity index (χ4n) is 2.49. The van der Waals surface area contributed by atoms with Gasteiger partial charge in [-0.2, -0.15) is 4.83 Å². The maximum Gasteiger partial charge on any atom is 0.265 e. The van der Waals surface area contributed by atoms with Crippen LogP contribution in [0.5, 0.6) is 5.75 Å². The summed E-state index contributed by atoms with van der Waals surface area (Å²) in [5.41, 5.74) is 0.979. The number of anilines is 1. The Morgan fingerprint density at radius 2 is 1.83 bits per heavy atom. The minimum absolute atomic E-state index is 0.00355. The zero-order valence-electron chi connectivity index (χ0n) is 12.3. The summed E-state index contributed by atoms with van der Waals surface area (Å²) >= 11 is 0. The summed E-state index contributed by atoms with van der Waals surface area (Å²) in [6.07, 6.45) is -0.0902. The van der Waals surface area contributed by atoms with Crippen molar-refractivity contribution >= 4 is 27.5 Å². The number of imide groups is 1. The van der Waals surface area contributed by atoms with Gasteiger partial charge in [0.1, 0.15) is 5.75 Å². The normalized spacial score (nSPS) is 13.9. The Balaban J connectivity index is 2.01. The van der Waals surface area contributed by atoms with E-state index in [1.54, 1.807) is 4.83 Å². The summed E-state index contributed by atoms with van der Waals surface area (Å²) in [6.45, 7) is 0. The number of nitrogens with two attached hydrogens (primary N) is 1. The van der Waals surface area contributed by atoms with Crippen molar-refractivity contribution in [3.05, 3.63) is 53.6 Å². The number of rotatable bonds is 3. The molecule has 8 nitrogen and oxygen atoms in total. The molecule has 4 N–H and O–H groups in total. The SMILES string of the molecule is NNS(=O)(=O)c1ccc2c(c1)CC(=O)N2C(=O)c1ccc(O)cc1. The van der Waals surface area contributed by atoms with Gasteiger partial charge in [0.05, 0.1) is 17.0 Å². The highest BCUT2D eigenvalue weighted by Crippen LogP contribution is 2.32. The molecule has 2 aromatic rings. The van der Waals surface area contributed by atoms with E-state index in [0.717, 1.165) is 4.90 Å². The average Bonchev–Trinajstić information content (AvgIpc) is 2.89. The Labute approximate surface area is 137 Å². The van der Waals surface area contributed by atoms with E-state index in [1.165, 1.54) is 42.5 Å². The number of hydrogen-bond acceptors (Lipinski definition) is 6. The quantitative estimate of drug-likeness (QED) is 0.415. The number of fused-ring (bicyclic) bond motifs is 1. The molecule has 3 rings (SSSR count). The van der Waals surface area contributed by atoms with Crippen molar-refractivity contribution in [2.45, 2.75) is 11.3 Å². The third kappa shape index (κ3) is 2.64. The molecule has 2 amide bonds. The van der Waals surface area contributed by atoms with Crippen molar-refractivity contribution in [3.8, 4) is 5.75 Å². The molecule has 0 atom stereocenters. The molecule has 0 fully saturated rings. The van der Waals surface area contributed by atoms with E-state index in [9.17, 15) is 23.1 Å². The van der Waals surface area contributed by atoms with Crippen molar-refractivity contribution in [1.29, 1.82) is 0 Å². The van der Waals surface area contributed by atoms with Crippen LogP contribution < -0.4 is 15.6 Å². The lowest BCUT2D eigenvalue weighted by Crippen LogP contribution is -2.33. The number of hydrazine groups is 1. The van der Waals surface area contributed by atoms with Gasteiger partial charge in [-0.3, -0.25) is 15.4 Å². The van der Waals surface area contributed by atoms with Crippen molar-refractivity contribution in [1.82, 2.24) is 4.83 Å². The molecule has 1 aliphatic heterocycles. The van der Waals surface area contributed by atoms with Crippen LogP contribution in [-0.4, -0.2) is 25.3 Å². The van der Waals surface area contributed by atoms with Gasteiger partial charge in [0, 0.05) is 5.56 Å². The number of benzene rings is 2. The molecule has 0 saturated carbocycles. The van der Waals surface area contributed by atoms with E-state index in [-0.39, 0.29) is 22.6 Å². The minimum Gasteiger partial charge on any atom is -0.508 e. The lowest BCUT2D eigenvalue weighted by Gasteiger charge is -2.16. The molecule has 0 radical (unpaired) electrons. The average molecular weight is 347 g/mol. The Kier molecular flexibility index (Phi) is 3.84. The van der Waals surface area contributed by atoms with Gasteiger partial charge in [0.25, 0.3) is 15.9 Å². The molecular formula is C15H13N3O5S. The van der Waals surface area contributed by atoms with Crippen molar-refractivity contribution < 1.29 is 23.1 Å². The molecule has 0 bridgehead atoms. The van der Waals surface area contributed by atoms with E-state index < -0.39 is 21.8 Å². The molecule has 0 aromatic heterocycles. The molecular weight excluding hydrogens is 334 g/mol. The third-order valence-corrected chi connectivity index (χ3v) is 4.85. The largest absolute Gasteiger partial charge is 0.508 e. The molecule has 0 saturated heterocycles. The number of carbonyl (C=O) groups is 2. The summed E-state index contributed by atoms with van der Waals surface area (Å²) in [5.74, 6) is 3.98. The van der Waals surface area contributed by atoms with Crippen molar-refractivity contribution in [3.63, 3.8) is 0 Å². The van der Waals surface area contributed by atoms with Gasteiger partial charge in [0.2, 0.25) is 5.91 Å². The number of nitrogens with one attached hydrogen (secondary N) is 1. The standard InChI is InChI=1S/C15H13N3O5S/c16-17-24(22,23)12-5-6-13-10(7-12)8-14(20)18(13)15(21)9-1-3-11(19)4-2-9/h1-7,17,19H,8,16H2. The third-order valence-electron chi connectivity index (χ3n) is 3.67. The van der Waals surface area contributed by atoms with E-state index in [0.29, 0.717) is 11.3 Å². The maximum atomic E-state index is 12.5. The fourth-order valence-corrected chi connectivity index (χ4v) is 3.17. The van der Waals surface area contributed by atoms with Crippen LogP contribution in [0.1, 0.15) is 15.9 Å². The molecule has 0 unspecified atom stereocenters. The highest BCUT2D eigenvalue weighted by atomic mass is 32.2. The van der Waals surface area contributed by atoms with Crippen LogP contribution in [0.3, 0.4) is 0 Å². The van der Waals surface area contributed by atoms with Crippen LogP contribution in [-0.2, 0) is 21.2 Å². The molecule has 0 spiro atoms. The van der Waals surface area contributed by atoms with Gasteiger partial charge in [-0.25, -0.2) is 13.3 Å². The zero-order valence-corrected chi connectivity index (χ0v) is 13.1. The Hall–Kier alpha value is -2.75. The van der Waals surface area contributed by atoms with Gasteiger partial charge < -0.3 is 5.11 Å². The van der Waals surface area contributed by atoms with Gasteiger partial charge in [0.15, 0.2) is 0 Å². The summed E-state index contributed by atoms with van der Waals surface area (Å²) in [7, 11) is -3.85. The predicted octanol–water partition coefficient (Wildman–Crippen LogP) is 0.274. The van der Waals surface area contributed by atoms with Gasteiger partial charge in [-0.15, -0.1) is 0 Å². The lowest BCUT2D eigenvalue weighted by molar-refractivity contribution is -0.116. The van der Waals surface area contributed by atoms with Gasteiger partial charge in [-0.1, -0.05) is 0 Å². The monoisotopic (exact) mass is 347 g/mol. The fraction of sp³-hybridized carbons (Fsp3) is 0.0667. The highest BCUT2D eigenvalue weighted by Gasteiger charge is 2.33. The molecule has 1 aliphatic rings. The lowest BCUT2D eigenvalue weighted by atomic mass is 10.1. The predicted molar refractivity (Wildman–Crippen MR) is 84.6 cm³/mol. The zero-order chi connectivity index (χ0) is 17.5. The van der Waals surface area contributed by atoms with Gasteiger partial charge in [-0.05, 0) is 48.0 Å². The number of sulfonamides is 1. The first-order chi connectivity index (χ1) is 11.3. The molecule has 2 aromatic carbocycles. The molecule has 1 heterocycles. The number of aromatic hydroxyl groups is 1. The van der Waals surface area contributed by atoms with Crippen molar-refractivity contribution in [2.24, 2.45) is 5.84 Å². The topological polar surface area (TPSA) is 130 Å². The van der Waals surface area contributed by atoms with Crippen LogP contribution >= 0.6 is 0 Å². The summed E-state index contributed by atoms with van der Waals surface area (Å²) < 4.78 is 23.5. The van der Waals surface area contributed by atoms with E-state index >= 15 is 0 Å². The Morgan fingerprint density at radius 3 is 2.46 bits per heavy atom. The highest BCUT2D eigenvalue weighted by molar-refractivity contribution is 7.89. The second-order valence-corrected chi connectivity index (χ2v) is 6.88. The summed E-state index contributed by atoms with van der Waals surface area (Å²) in [4.78, 5) is 27.4. The van der Waals surface area contributed by atoms with E-state index in [2.05, 4.69) is 0 Å². The van der Waals surface area contributed by atoms with Crippen molar-refractivity contribution in [2.75, 3.05) is 4.90 Å². The van der Waals surface area contributed by atoms with Crippen LogP contribution in [0.4, 0.5) is 5.69 Å². The van der Waals surface area contributed by atoms with E-state index in [4.69, 9.17) is 5.84 Å². The van der Waals surface area contributed by atoms with Crippen LogP contribution in [0.25, 0.3) is 0 Å². The number of nitrogens with zero attached hydrogens (tertiary/aromatic N) is 1. The second kappa shape index (κ2) is 5.71. The number of carbonyl (C=O) groups excluding carboxylic acids is 2. The van der Waals surface area contributed by atoms with Crippen LogP contribution in [0, 0.1) is 0 Å². The molecule has 24 heavy (non-hydrogen) atoms. The van der Waals surface area contributed by atoms with Crippen LogP contribution in [0.2, 0.25) is 0 Å². The summed E-state index contributed by atoms with van der Waals surface area (Å²) in [6, 6.07) is 9.47. The Morgan fingerprint density at radius 1 is 1.17 bits per heavy atom. The molecule has 9 heteroatoms. The number of phenols is 1. The molecule has 124 valence electrons. The number of phenolic OH excluding ortho intramolecular Hbond substituents is 1. The number of amides is 2. The first kappa shape index (κ1) is 16.1. The minimum atomic E-state index is -3.85. The first-order valence-electron chi connectivity index (χ1n) is 6.85. The van der Waals surface area contributed by atoms with E-state index in [1.807, 2.05) is 0 Å². The molecule has 0 aliphatic carbocycles. The van der Waals surface area contributed by atoms with Crippen LogP contribution in [0.15, 0.2) is 47.4 Å². The maximum absolute atomic E-state index is 12.5. The Bertz CT molecular complexity index is 938. The number of hydrogen-bond donors (Lipinski definition) is 3. The summed E-state index contributed by atoms with van der Waals surface area (Å²) in [5, 5.41) is 9.28.